The maximum atomic E-state index is 4.41. The van der Waals surface area contributed by atoms with Gasteiger partial charge in [-0.1, -0.05) is 66.4 Å². The summed E-state index contributed by atoms with van der Waals surface area (Å²) in [7, 11) is 2.13. The quantitative estimate of drug-likeness (QED) is 0.528. The zero-order chi connectivity index (χ0) is 17.1. The van der Waals surface area contributed by atoms with Gasteiger partial charge in [0.25, 0.3) is 0 Å². The van der Waals surface area contributed by atoms with Crippen LogP contribution < -0.4 is 4.90 Å². The lowest BCUT2D eigenvalue weighted by Crippen LogP contribution is -2.09. The number of aliphatic imine (C=N–C) groups is 1. The van der Waals surface area contributed by atoms with E-state index in [0.29, 0.717) is 0 Å². The molecule has 2 nitrogen and oxygen atoms in total. The second-order valence-corrected chi connectivity index (χ2v) is 6.86. The second kappa shape index (κ2) is 6.99. The van der Waals surface area contributed by atoms with Crippen molar-refractivity contribution in [2.24, 2.45) is 4.99 Å². The van der Waals surface area contributed by atoms with Gasteiger partial charge in [0.05, 0.1) is 16.4 Å². The second-order valence-electron chi connectivity index (χ2n) is 5.80. The van der Waals surface area contributed by atoms with Crippen LogP contribution in [-0.4, -0.2) is 13.3 Å². The van der Waals surface area contributed by atoms with Crippen LogP contribution in [0, 0.1) is 0 Å². The first-order valence-corrected chi connectivity index (χ1v) is 9.04. The Bertz CT molecular complexity index is 987. The van der Waals surface area contributed by atoms with Crippen LogP contribution in [0.2, 0.25) is 0 Å². The molecule has 25 heavy (non-hydrogen) atoms. The van der Waals surface area contributed by atoms with Crippen LogP contribution in [-0.2, 0) is 0 Å². The molecule has 0 fully saturated rings. The van der Waals surface area contributed by atoms with E-state index >= 15 is 0 Å². The van der Waals surface area contributed by atoms with Gasteiger partial charge >= 0.3 is 0 Å². The Balaban J connectivity index is 1.54. The van der Waals surface area contributed by atoms with E-state index in [1.807, 2.05) is 48.7 Å². The third-order valence-electron chi connectivity index (χ3n) is 4.16. The Morgan fingerprint density at radius 3 is 2.56 bits per heavy atom. The lowest BCUT2D eigenvalue weighted by Gasteiger charge is -2.15. The minimum Gasteiger partial charge on any atom is -0.338 e. The zero-order valence-electron chi connectivity index (χ0n) is 14.0. The highest BCUT2D eigenvalue weighted by Crippen LogP contribution is 2.48. The number of anilines is 1. The summed E-state index contributed by atoms with van der Waals surface area (Å²) in [5.74, 6) is 0. The average Bonchev–Trinajstić information content (AvgIpc) is 2.99. The SMILES string of the molecule is CN1/C(=C\C=C\C=Nc2ccccc2)Sc2ccc3ccccc3c21. The predicted molar refractivity (Wildman–Crippen MR) is 110 cm³/mol. The van der Waals surface area contributed by atoms with Crippen LogP contribution in [0.5, 0.6) is 0 Å². The van der Waals surface area contributed by atoms with Crippen molar-refractivity contribution in [2.45, 2.75) is 4.90 Å². The first kappa shape index (κ1) is 15.7. The number of benzene rings is 3. The van der Waals surface area contributed by atoms with Gasteiger partial charge in [0.1, 0.15) is 0 Å². The molecule has 0 spiro atoms. The normalized spacial score (nSPS) is 15.7. The van der Waals surface area contributed by atoms with Crippen molar-refractivity contribution in [1.29, 1.82) is 0 Å². The Morgan fingerprint density at radius 2 is 1.68 bits per heavy atom. The van der Waals surface area contributed by atoms with E-state index in [0.717, 1.165) is 5.69 Å². The van der Waals surface area contributed by atoms with Gasteiger partial charge in [0, 0.05) is 23.5 Å². The highest BCUT2D eigenvalue weighted by molar-refractivity contribution is 8.03. The molecule has 0 saturated heterocycles. The van der Waals surface area contributed by atoms with Crippen molar-refractivity contribution in [3.8, 4) is 0 Å². The fourth-order valence-electron chi connectivity index (χ4n) is 2.93. The van der Waals surface area contributed by atoms with Crippen molar-refractivity contribution in [2.75, 3.05) is 11.9 Å². The summed E-state index contributed by atoms with van der Waals surface area (Å²) in [6.45, 7) is 0. The minimum atomic E-state index is 0.964. The molecular formula is C22H18N2S. The summed E-state index contributed by atoms with van der Waals surface area (Å²) < 4.78 is 0. The van der Waals surface area contributed by atoms with E-state index < -0.39 is 0 Å². The number of thioether (sulfide) groups is 1. The Kier molecular flexibility index (Phi) is 4.40. The molecule has 1 aliphatic heterocycles. The lowest BCUT2D eigenvalue weighted by molar-refractivity contribution is 1.19. The van der Waals surface area contributed by atoms with E-state index in [1.54, 1.807) is 11.8 Å². The summed E-state index contributed by atoms with van der Waals surface area (Å²) >= 11 is 1.80. The van der Waals surface area contributed by atoms with Gasteiger partial charge in [-0.25, -0.2) is 0 Å². The smallest absolute Gasteiger partial charge is 0.0799 e. The number of allylic oxidation sites excluding steroid dienone is 3. The number of hydrogen-bond donors (Lipinski definition) is 0. The largest absolute Gasteiger partial charge is 0.338 e. The number of rotatable bonds is 3. The molecule has 122 valence electrons. The molecule has 0 atom stereocenters. The Hall–Kier alpha value is -2.78. The fraction of sp³-hybridized carbons (Fsp3) is 0.0455. The molecular weight excluding hydrogens is 324 g/mol. The third-order valence-corrected chi connectivity index (χ3v) is 5.33. The monoisotopic (exact) mass is 342 g/mol. The molecule has 3 aromatic rings. The molecule has 0 unspecified atom stereocenters. The first-order valence-electron chi connectivity index (χ1n) is 8.22. The van der Waals surface area contributed by atoms with E-state index in [-0.39, 0.29) is 0 Å². The number of fused-ring (bicyclic) bond motifs is 3. The molecule has 1 heterocycles. The molecule has 0 saturated carbocycles. The van der Waals surface area contributed by atoms with Crippen molar-refractivity contribution in [3.05, 3.63) is 90.0 Å². The topological polar surface area (TPSA) is 15.6 Å². The minimum absolute atomic E-state index is 0.964. The van der Waals surface area contributed by atoms with Crippen molar-refractivity contribution in [1.82, 2.24) is 0 Å². The summed E-state index contributed by atoms with van der Waals surface area (Å²) in [4.78, 5) is 7.98. The lowest BCUT2D eigenvalue weighted by atomic mass is 10.1. The van der Waals surface area contributed by atoms with Gasteiger partial charge in [-0.05, 0) is 35.7 Å². The van der Waals surface area contributed by atoms with Gasteiger partial charge in [-0.2, -0.15) is 0 Å². The zero-order valence-corrected chi connectivity index (χ0v) is 14.8. The number of nitrogens with zero attached hydrogens (tertiary/aromatic N) is 2. The van der Waals surface area contributed by atoms with Gasteiger partial charge < -0.3 is 4.90 Å². The number of hydrogen-bond acceptors (Lipinski definition) is 3. The predicted octanol–water partition coefficient (Wildman–Crippen LogP) is 6.18. The van der Waals surface area contributed by atoms with Crippen molar-refractivity contribution in [3.63, 3.8) is 0 Å². The fourth-order valence-corrected chi connectivity index (χ4v) is 4.01. The maximum Gasteiger partial charge on any atom is 0.0799 e. The molecule has 0 N–H and O–H groups in total. The molecule has 0 amide bonds. The molecule has 1 aliphatic rings. The Labute approximate surface area is 152 Å². The molecule has 4 rings (SSSR count). The van der Waals surface area contributed by atoms with Gasteiger partial charge in [0.15, 0.2) is 0 Å². The summed E-state index contributed by atoms with van der Waals surface area (Å²) in [6.07, 6.45) is 7.97. The van der Waals surface area contributed by atoms with Crippen molar-refractivity contribution < 1.29 is 0 Å². The van der Waals surface area contributed by atoms with Crippen LogP contribution in [0.15, 0.2) is 99.9 Å². The van der Waals surface area contributed by atoms with Gasteiger partial charge in [-0.15, -0.1) is 0 Å². The average molecular weight is 342 g/mol. The van der Waals surface area contributed by atoms with E-state index in [1.165, 1.54) is 26.4 Å². The van der Waals surface area contributed by atoms with Gasteiger partial charge in [-0.3, -0.25) is 4.99 Å². The first-order chi connectivity index (χ1) is 12.3. The van der Waals surface area contributed by atoms with Gasteiger partial charge in [0.2, 0.25) is 0 Å². The third kappa shape index (κ3) is 3.24. The molecule has 0 aliphatic carbocycles. The molecule has 0 bridgehead atoms. The van der Waals surface area contributed by atoms with Crippen LogP contribution in [0.25, 0.3) is 10.8 Å². The van der Waals surface area contributed by atoms with Crippen LogP contribution in [0.3, 0.4) is 0 Å². The standard InChI is InChI=1S/C22H18N2S/c1-24-21(13-7-8-16-23-18-10-3-2-4-11-18)25-20-15-14-17-9-5-6-12-19(17)22(20)24/h2-16H,1H3/b8-7+,21-13+,23-16?. The molecule has 0 aromatic heterocycles. The molecule has 0 radical (unpaired) electrons. The van der Waals surface area contributed by atoms with E-state index in [4.69, 9.17) is 0 Å². The highest BCUT2D eigenvalue weighted by atomic mass is 32.2. The van der Waals surface area contributed by atoms with Crippen molar-refractivity contribution >= 4 is 40.1 Å². The summed E-state index contributed by atoms with van der Waals surface area (Å²) in [5, 5.41) is 3.80. The Morgan fingerprint density at radius 1 is 0.880 bits per heavy atom. The highest BCUT2D eigenvalue weighted by Gasteiger charge is 2.23. The summed E-state index contributed by atoms with van der Waals surface area (Å²) in [5.41, 5.74) is 2.26. The molecule has 3 aromatic carbocycles. The van der Waals surface area contributed by atoms with E-state index in [9.17, 15) is 0 Å². The van der Waals surface area contributed by atoms with E-state index in [2.05, 4.69) is 59.4 Å². The molecule has 3 heteroatoms. The van der Waals surface area contributed by atoms with Crippen LogP contribution in [0.1, 0.15) is 0 Å². The number of para-hydroxylation sites is 1. The summed E-state index contributed by atoms with van der Waals surface area (Å²) in [6, 6.07) is 22.9. The maximum absolute atomic E-state index is 4.41. The van der Waals surface area contributed by atoms with Crippen LogP contribution >= 0.6 is 11.8 Å². The van der Waals surface area contributed by atoms with Crippen LogP contribution in [0.4, 0.5) is 11.4 Å².